The molecule has 1 aromatic rings. The smallest absolute Gasteiger partial charge is 0.222 e. The van der Waals surface area contributed by atoms with E-state index in [1.807, 2.05) is 11.9 Å². The standard InChI is InChI=1S/C18H27N3O/c1-19-14-16(8-9-18(19)22)15-20-10-5-11-21(13-12-20)17-6-3-2-4-7-17/h2-4,6-7,16H,5,8-15H2,1H3. The van der Waals surface area contributed by atoms with E-state index in [9.17, 15) is 4.79 Å². The van der Waals surface area contributed by atoms with Crippen molar-refractivity contribution in [3.05, 3.63) is 30.3 Å². The number of benzene rings is 1. The molecule has 0 saturated carbocycles. The van der Waals surface area contributed by atoms with Crippen LogP contribution in [0.2, 0.25) is 0 Å². The summed E-state index contributed by atoms with van der Waals surface area (Å²) in [5, 5.41) is 0. The zero-order valence-corrected chi connectivity index (χ0v) is 13.6. The lowest BCUT2D eigenvalue weighted by molar-refractivity contribution is -0.133. The number of anilines is 1. The first kappa shape index (κ1) is 15.3. The zero-order valence-electron chi connectivity index (χ0n) is 13.6. The Balaban J connectivity index is 1.51. The number of hydrogen-bond acceptors (Lipinski definition) is 3. The van der Waals surface area contributed by atoms with Crippen LogP contribution in [0.25, 0.3) is 0 Å². The van der Waals surface area contributed by atoms with Gasteiger partial charge < -0.3 is 14.7 Å². The van der Waals surface area contributed by atoms with Crippen molar-refractivity contribution >= 4 is 11.6 Å². The van der Waals surface area contributed by atoms with E-state index in [0.717, 1.165) is 45.6 Å². The van der Waals surface area contributed by atoms with Gasteiger partial charge in [0.1, 0.15) is 0 Å². The number of likely N-dealkylation sites (tertiary alicyclic amines) is 1. The number of carbonyl (C=O) groups is 1. The van der Waals surface area contributed by atoms with Crippen molar-refractivity contribution < 1.29 is 4.79 Å². The summed E-state index contributed by atoms with van der Waals surface area (Å²) >= 11 is 0. The van der Waals surface area contributed by atoms with Crippen LogP contribution in [0.3, 0.4) is 0 Å². The summed E-state index contributed by atoms with van der Waals surface area (Å²) in [5.41, 5.74) is 1.34. The molecule has 22 heavy (non-hydrogen) atoms. The van der Waals surface area contributed by atoms with E-state index in [2.05, 4.69) is 40.1 Å². The zero-order chi connectivity index (χ0) is 15.4. The Labute approximate surface area is 133 Å². The normalized spacial score (nSPS) is 24.4. The Morgan fingerprint density at radius 1 is 1.09 bits per heavy atom. The summed E-state index contributed by atoms with van der Waals surface area (Å²) in [6.45, 7) is 6.62. The number of rotatable bonds is 3. The number of carbonyl (C=O) groups excluding carboxylic acids is 1. The molecule has 3 rings (SSSR count). The highest BCUT2D eigenvalue weighted by Gasteiger charge is 2.25. The fraction of sp³-hybridized carbons (Fsp3) is 0.611. The van der Waals surface area contributed by atoms with Crippen molar-refractivity contribution in [1.29, 1.82) is 0 Å². The van der Waals surface area contributed by atoms with Gasteiger partial charge in [0.15, 0.2) is 0 Å². The molecule has 0 spiro atoms. The SMILES string of the molecule is CN1CC(CN2CCCN(c3ccccc3)CC2)CCC1=O. The van der Waals surface area contributed by atoms with Crippen molar-refractivity contribution in [2.45, 2.75) is 19.3 Å². The highest BCUT2D eigenvalue weighted by Crippen LogP contribution is 2.20. The summed E-state index contributed by atoms with van der Waals surface area (Å²) in [6.07, 6.45) is 3.00. The molecule has 1 atom stereocenters. The van der Waals surface area contributed by atoms with E-state index < -0.39 is 0 Å². The minimum Gasteiger partial charge on any atom is -0.370 e. The largest absolute Gasteiger partial charge is 0.370 e. The second-order valence-electron chi connectivity index (χ2n) is 6.66. The minimum absolute atomic E-state index is 0.308. The highest BCUT2D eigenvalue weighted by atomic mass is 16.2. The molecular formula is C18H27N3O. The maximum Gasteiger partial charge on any atom is 0.222 e. The Morgan fingerprint density at radius 3 is 2.68 bits per heavy atom. The number of nitrogens with zero attached hydrogens (tertiary/aromatic N) is 3. The second-order valence-corrected chi connectivity index (χ2v) is 6.66. The van der Waals surface area contributed by atoms with Crippen molar-refractivity contribution in [1.82, 2.24) is 9.80 Å². The van der Waals surface area contributed by atoms with E-state index >= 15 is 0 Å². The van der Waals surface area contributed by atoms with E-state index in [4.69, 9.17) is 0 Å². The molecule has 0 N–H and O–H groups in total. The fourth-order valence-electron chi connectivity index (χ4n) is 3.66. The first-order valence-electron chi connectivity index (χ1n) is 8.48. The molecule has 0 bridgehead atoms. The van der Waals surface area contributed by atoms with Crippen molar-refractivity contribution in [3.63, 3.8) is 0 Å². The van der Waals surface area contributed by atoms with Crippen LogP contribution < -0.4 is 4.90 Å². The average molecular weight is 301 g/mol. The fourth-order valence-corrected chi connectivity index (χ4v) is 3.66. The van der Waals surface area contributed by atoms with Gasteiger partial charge >= 0.3 is 0 Å². The summed E-state index contributed by atoms with van der Waals surface area (Å²) < 4.78 is 0. The van der Waals surface area contributed by atoms with E-state index in [-0.39, 0.29) is 0 Å². The minimum atomic E-state index is 0.308. The van der Waals surface area contributed by atoms with Crippen molar-refractivity contribution in [2.24, 2.45) is 5.92 Å². The topological polar surface area (TPSA) is 26.8 Å². The molecule has 4 heteroatoms. The van der Waals surface area contributed by atoms with Crippen molar-refractivity contribution in [2.75, 3.05) is 51.2 Å². The third-order valence-electron chi connectivity index (χ3n) is 4.95. The molecule has 0 radical (unpaired) electrons. The molecule has 1 unspecified atom stereocenters. The molecular weight excluding hydrogens is 274 g/mol. The molecule has 2 aliphatic rings. The third kappa shape index (κ3) is 3.80. The molecule has 1 aromatic carbocycles. The van der Waals surface area contributed by atoms with Crippen LogP contribution in [0, 0.1) is 5.92 Å². The molecule has 2 fully saturated rings. The van der Waals surface area contributed by atoms with Gasteiger partial charge in [0.25, 0.3) is 0 Å². The molecule has 2 aliphatic heterocycles. The van der Waals surface area contributed by atoms with Crippen molar-refractivity contribution in [3.8, 4) is 0 Å². The molecule has 1 amide bonds. The Morgan fingerprint density at radius 2 is 1.91 bits per heavy atom. The van der Waals surface area contributed by atoms with Gasteiger partial charge in [-0.1, -0.05) is 18.2 Å². The van der Waals surface area contributed by atoms with Crippen LogP contribution in [0.5, 0.6) is 0 Å². The summed E-state index contributed by atoms with van der Waals surface area (Å²) in [6, 6.07) is 10.7. The lowest BCUT2D eigenvalue weighted by atomic mass is 9.97. The predicted molar refractivity (Wildman–Crippen MR) is 90.1 cm³/mol. The van der Waals surface area contributed by atoms with E-state index in [0.29, 0.717) is 11.8 Å². The molecule has 120 valence electrons. The van der Waals surface area contributed by atoms with E-state index in [1.54, 1.807) is 0 Å². The summed E-state index contributed by atoms with van der Waals surface area (Å²) in [7, 11) is 1.94. The first-order valence-corrected chi connectivity index (χ1v) is 8.48. The quantitative estimate of drug-likeness (QED) is 0.855. The average Bonchev–Trinajstić information content (AvgIpc) is 2.77. The van der Waals surface area contributed by atoms with Crippen LogP contribution in [0.4, 0.5) is 5.69 Å². The van der Waals surface area contributed by atoms with Gasteiger partial charge in [-0.3, -0.25) is 4.79 Å². The third-order valence-corrected chi connectivity index (χ3v) is 4.95. The Kier molecular flexibility index (Phi) is 4.98. The first-order chi connectivity index (χ1) is 10.7. The highest BCUT2D eigenvalue weighted by molar-refractivity contribution is 5.76. The van der Waals surface area contributed by atoms with Gasteiger partial charge in [0, 0.05) is 51.9 Å². The monoisotopic (exact) mass is 301 g/mol. The second kappa shape index (κ2) is 7.14. The lowest BCUT2D eigenvalue weighted by Gasteiger charge is -2.33. The van der Waals surface area contributed by atoms with Gasteiger partial charge in [-0.05, 0) is 37.4 Å². The molecule has 0 aliphatic carbocycles. The maximum absolute atomic E-state index is 11.6. The molecule has 4 nitrogen and oxygen atoms in total. The van der Waals surface area contributed by atoms with Crippen LogP contribution >= 0.6 is 0 Å². The summed E-state index contributed by atoms with van der Waals surface area (Å²) in [4.78, 5) is 18.6. The van der Waals surface area contributed by atoms with Crippen LogP contribution in [0.15, 0.2) is 30.3 Å². The number of para-hydroxylation sites is 1. The Bertz CT molecular complexity index is 490. The maximum atomic E-state index is 11.6. The number of hydrogen-bond donors (Lipinski definition) is 0. The van der Waals surface area contributed by atoms with Crippen LogP contribution in [0.1, 0.15) is 19.3 Å². The Hall–Kier alpha value is -1.55. The summed E-state index contributed by atoms with van der Waals surface area (Å²) in [5.74, 6) is 0.952. The molecule has 2 saturated heterocycles. The van der Waals surface area contributed by atoms with Gasteiger partial charge in [-0.15, -0.1) is 0 Å². The van der Waals surface area contributed by atoms with Gasteiger partial charge in [-0.2, -0.15) is 0 Å². The van der Waals surface area contributed by atoms with Crippen LogP contribution in [-0.2, 0) is 4.79 Å². The van der Waals surface area contributed by atoms with Gasteiger partial charge in [-0.25, -0.2) is 0 Å². The number of amides is 1. The molecule has 0 aromatic heterocycles. The van der Waals surface area contributed by atoms with Crippen LogP contribution in [-0.4, -0.2) is 62.0 Å². The predicted octanol–water partition coefficient (Wildman–Crippen LogP) is 2.07. The lowest BCUT2D eigenvalue weighted by Crippen LogP contribution is -2.42. The van der Waals surface area contributed by atoms with Gasteiger partial charge in [0.05, 0.1) is 0 Å². The van der Waals surface area contributed by atoms with E-state index in [1.165, 1.54) is 18.7 Å². The van der Waals surface area contributed by atoms with Gasteiger partial charge in [0.2, 0.25) is 5.91 Å². The number of piperidine rings is 1. The molecule has 2 heterocycles.